The lowest BCUT2D eigenvalue weighted by Gasteiger charge is -2.07. The molecule has 138 valence electrons. The van der Waals surface area contributed by atoms with Gasteiger partial charge in [0.15, 0.2) is 5.78 Å². The topological polar surface area (TPSA) is 101 Å². The standard InChI is InChI=1S/C18H18BrNO5S/c19-15-5-7-16(8-6-15)26(24,25)20-12-11-13-1-3-14(4-2-13)17(21)9-10-18(22)23/h1-8,20H,9-12H2,(H,22,23). The van der Waals surface area contributed by atoms with E-state index < -0.39 is 16.0 Å². The van der Waals surface area contributed by atoms with Gasteiger partial charge in [-0.25, -0.2) is 13.1 Å². The number of ketones is 1. The Morgan fingerprint density at radius 2 is 1.58 bits per heavy atom. The Bertz CT molecular complexity index is 877. The first-order valence-electron chi connectivity index (χ1n) is 7.87. The molecule has 0 bridgehead atoms. The van der Waals surface area contributed by atoms with E-state index >= 15 is 0 Å². The van der Waals surface area contributed by atoms with Crippen LogP contribution in [-0.2, 0) is 21.2 Å². The van der Waals surface area contributed by atoms with Crippen LogP contribution in [0.1, 0.15) is 28.8 Å². The van der Waals surface area contributed by atoms with Gasteiger partial charge in [0.05, 0.1) is 11.3 Å². The third-order valence-electron chi connectivity index (χ3n) is 3.67. The predicted octanol–water partition coefficient (Wildman–Crippen LogP) is 3.02. The molecule has 0 atom stereocenters. The number of hydrogen-bond donors (Lipinski definition) is 2. The molecule has 2 rings (SSSR count). The van der Waals surface area contributed by atoms with Crippen LogP contribution in [0.25, 0.3) is 0 Å². The first kappa shape index (κ1) is 20.3. The molecule has 8 heteroatoms. The fourth-order valence-corrected chi connectivity index (χ4v) is 3.55. The van der Waals surface area contributed by atoms with Gasteiger partial charge in [-0.3, -0.25) is 9.59 Å². The van der Waals surface area contributed by atoms with E-state index in [9.17, 15) is 18.0 Å². The molecule has 0 aromatic heterocycles. The fraction of sp³-hybridized carbons (Fsp3) is 0.222. The van der Waals surface area contributed by atoms with E-state index in [-0.39, 0.29) is 30.1 Å². The van der Waals surface area contributed by atoms with Crippen LogP contribution < -0.4 is 4.72 Å². The minimum atomic E-state index is -3.56. The van der Waals surface area contributed by atoms with Gasteiger partial charge in [-0.2, -0.15) is 0 Å². The average Bonchev–Trinajstić information content (AvgIpc) is 2.60. The molecular weight excluding hydrogens is 422 g/mol. The van der Waals surface area contributed by atoms with Gasteiger partial charge in [-0.1, -0.05) is 40.2 Å². The zero-order chi connectivity index (χ0) is 19.2. The number of benzene rings is 2. The van der Waals surface area contributed by atoms with E-state index in [2.05, 4.69) is 20.7 Å². The molecule has 0 aliphatic rings. The number of carboxylic acids is 1. The molecule has 0 fully saturated rings. The van der Waals surface area contributed by atoms with Crippen molar-refractivity contribution in [3.8, 4) is 0 Å². The van der Waals surface area contributed by atoms with Gasteiger partial charge in [0.2, 0.25) is 10.0 Å². The highest BCUT2D eigenvalue weighted by Crippen LogP contribution is 2.14. The first-order valence-corrected chi connectivity index (χ1v) is 10.1. The maximum atomic E-state index is 12.2. The second kappa shape index (κ2) is 9.07. The smallest absolute Gasteiger partial charge is 0.303 e. The Hall–Kier alpha value is -2.03. The minimum absolute atomic E-state index is 0.0400. The van der Waals surface area contributed by atoms with Crippen LogP contribution in [0.5, 0.6) is 0 Å². The summed E-state index contributed by atoms with van der Waals surface area (Å²) in [6.45, 7) is 0.227. The van der Waals surface area contributed by atoms with Crippen molar-refractivity contribution < 1.29 is 23.1 Å². The SMILES string of the molecule is O=C(O)CCC(=O)c1ccc(CCNS(=O)(=O)c2ccc(Br)cc2)cc1. The number of sulfonamides is 1. The summed E-state index contributed by atoms with van der Waals surface area (Å²) in [4.78, 5) is 22.5. The number of carboxylic acid groups (broad SMARTS) is 1. The summed E-state index contributed by atoms with van der Waals surface area (Å²) < 4.78 is 27.7. The molecule has 0 saturated carbocycles. The lowest BCUT2D eigenvalue weighted by Crippen LogP contribution is -2.25. The van der Waals surface area contributed by atoms with E-state index in [0.717, 1.165) is 10.0 Å². The predicted molar refractivity (Wildman–Crippen MR) is 101 cm³/mol. The molecule has 0 unspecified atom stereocenters. The van der Waals surface area contributed by atoms with Crippen LogP contribution >= 0.6 is 15.9 Å². The Labute approximate surface area is 160 Å². The van der Waals surface area contributed by atoms with E-state index in [1.54, 1.807) is 36.4 Å². The Kier molecular flexibility index (Phi) is 7.07. The van der Waals surface area contributed by atoms with E-state index in [1.165, 1.54) is 12.1 Å². The molecular formula is C18H18BrNO5S. The second-order valence-electron chi connectivity index (χ2n) is 5.62. The van der Waals surface area contributed by atoms with Crippen molar-refractivity contribution in [2.45, 2.75) is 24.2 Å². The zero-order valence-corrected chi connectivity index (χ0v) is 16.2. The molecule has 2 aromatic rings. The highest BCUT2D eigenvalue weighted by atomic mass is 79.9. The summed E-state index contributed by atoms with van der Waals surface area (Å²) in [7, 11) is -3.56. The van der Waals surface area contributed by atoms with Crippen molar-refractivity contribution in [2.75, 3.05) is 6.54 Å². The van der Waals surface area contributed by atoms with E-state index in [1.807, 2.05) is 0 Å². The number of hydrogen-bond acceptors (Lipinski definition) is 4. The Morgan fingerprint density at radius 1 is 0.962 bits per heavy atom. The molecule has 0 aliphatic heterocycles. The van der Waals surface area contributed by atoms with Crippen molar-refractivity contribution in [1.29, 1.82) is 0 Å². The molecule has 0 heterocycles. The summed E-state index contributed by atoms with van der Waals surface area (Å²) in [5.74, 6) is -1.23. The molecule has 0 amide bonds. The summed E-state index contributed by atoms with van der Waals surface area (Å²) in [6, 6.07) is 13.1. The zero-order valence-electron chi connectivity index (χ0n) is 13.8. The summed E-state index contributed by atoms with van der Waals surface area (Å²) in [5, 5.41) is 8.60. The molecule has 6 nitrogen and oxygen atoms in total. The molecule has 26 heavy (non-hydrogen) atoms. The van der Waals surface area contributed by atoms with Gasteiger partial charge in [-0.15, -0.1) is 0 Å². The summed E-state index contributed by atoms with van der Waals surface area (Å²) in [6.07, 6.45) is 0.236. The van der Waals surface area contributed by atoms with E-state index in [0.29, 0.717) is 12.0 Å². The van der Waals surface area contributed by atoms with Crippen LogP contribution in [0.15, 0.2) is 57.9 Å². The summed E-state index contributed by atoms with van der Waals surface area (Å²) >= 11 is 3.26. The Balaban J connectivity index is 1.88. The number of halogens is 1. The van der Waals surface area contributed by atoms with Crippen LogP contribution in [-0.4, -0.2) is 31.8 Å². The van der Waals surface area contributed by atoms with Crippen LogP contribution in [0, 0.1) is 0 Å². The average molecular weight is 440 g/mol. The largest absolute Gasteiger partial charge is 0.481 e. The monoisotopic (exact) mass is 439 g/mol. The Morgan fingerprint density at radius 3 is 2.15 bits per heavy atom. The van der Waals surface area contributed by atoms with Gasteiger partial charge >= 0.3 is 5.97 Å². The lowest BCUT2D eigenvalue weighted by molar-refractivity contribution is -0.136. The van der Waals surface area contributed by atoms with Crippen molar-refractivity contribution in [2.24, 2.45) is 0 Å². The van der Waals surface area contributed by atoms with Gasteiger partial charge in [0, 0.05) is 23.0 Å². The third-order valence-corrected chi connectivity index (χ3v) is 5.68. The van der Waals surface area contributed by atoms with Gasteiger partial charge < -0.3 is 5.11 Å². The minimum Gasteiger partial charge on any atom is -0.481 e. The molecule has 0 spiro atoms. The van der Waals surface area contributed by atoms with Gasteiger partial charge in [0.25, 0.3) is 0 Å². The molecule has 0 aliphatic carbocycles. The maximum Gasteiger partial charge on any atom is 0.303 e. The number of carbonyl (C=O) groups is 2. The van der Waals surface area contributed by atoms with E-state index in [4.69, 9.17) is 5.11 Å². The molecule has 0 radical (unpaired) electrons. The quantitative estimate of drug-likeness (QED) is 0.584. The maximum absolute atomic E-state index is 12.2. The van der Waals surface area contributed by atoms with Crippen LogP contribution in [0.2, 0.25) is 0 Å². The first-order chi connectivity index (χ1) is 12.3. The van der Waals surface area contributed by atoms with Crippen molar-refractivity contribution in [3.63, 3.8) is 0 Å². The van der Waals surface area contributed by atoms with Gasteiger partial charge in [0.1, 0.15) is 0 Å². The number of aliphatic carboxylic acids is 1. The highest BCUT2D eigenvalue weighted by Gasteiger charge is 2.13. The number of rotatable bonds is 9. The lowest BCUT2D eigenvalue weighted by atomic mass is 10.0. The summed E-state index contributed by atoms with van der Waals surface area (Å²) in [5.41, 5.74) is 1.32. The van der Waals surface area contributed by atoms with Crippen molar-refractivity contribution in [3.05, 3.63) is 64.1 Å². The fourth-order valence-electron chi connectivity index (χ4n) is 2.25. The number of Topliss-reactive ketones (excluding diaryl/α,β-unsaturated/α-hetero) is 1. The van der Waals surface area contributed by atoms with Crippen molar-refractivity contribution in [1.82, 2.24) is 4.72 Å². The molecule has 2 aromatic carbocycles. The van der Waals surface area contributed by atoms with Crippen LogP contribution in [0.4, 0.5) is 0 Å². The molecule has 2 N–H and O–H groups in total. The number of carbonyl (C=O) groups excluding carboxylic acids is 1. The number of nitrogens with one attached hydrogen (secondary N) is 1. The normalized spacial score (nSPS) is 11.3. The second-order valence-corrected chi connectivity index (χ2v) is 8.30. The third kappa shape index (κ3) is 6.05. The molecule has 0 saturated heterocycles. The van der Waals surface area contributed by atoms with Crippen molar-refractivity contribution >= 4 is 37.7 Å². The van der Waals surface area contributed by atoms with Gasteiger partial charge in [-0.05, 0) is 36.2 Å². The highest BCUT2D eigenvalue weighted by molar-refractivity contribution is 9.10. The van der Waals surface area contributed by atoms with Crippen LogP contribution in [0.3, 0.4) is 0 Å².